The minimum Gasteiger partial charge on any atom is -0.420 e. The summed E-state index contributed by atoms with van der Waals surface area (Å²) in [5, 5.41) is 0. The lowest BCUT2D eigenvalue weighted by atomic mass is 10.5. The van der Waals surface area contributed by atoms with Gasteiger partial charge in [0.2, 0.25) is 0 Å². The Bertz CT molecular complexity index is 300. The van der Waals surface area contributed by atoms with Crippen molar-refractivity contribution in [3.8, 4) is 0 Å². The zero-order valence-electron chi connectivity index (χ0n) is 14.2. The predicted octanol–water partition coefficient (Wildman–Crippen LogP) is 0.932. The molecule has 0 spiro atoms. The third-order valence-corrected chi connectivity index (χ3v) is 20.2. The second kappa shape index (κ2) is 10.6. The molecule has 22 heavy (non-hydrogen) atoms. The van der Waals surface area contributed by atoms with E-state index < -0.39 is 52.4 Å². The molecule has 1 aliphatic rings. The molecule has 1 saturated heterocycles. The first kappa shape index (κ1) is 20.8. The molecule has 1 heterocycles. The van der Waals surface area contributed by atoms with Gasteiger partial charge in [0, 0.05) is 6.61 Å². The van der Waals surface area contributed by atoms with Crippen molar-refractivity contribution in [2.24, 2.45) is 0 Å². The molecule has 0 aliphatic carbocycles. The van der Waals surface area contributed by atoms with Gasteiger partial charge in [-0.1, -0.05) is 0 Å². The van der Waals surface area contributed by atoms with E-state index in [9.17, 15) is 4.39 Å². The lowest BCUT2D eigenvalue weighted by Gasteiger charge is -2.36. The molecule has 0 saturated carbocycles. The summed E-state index contributed by atoms with van der Waals surface area (Å²) in [7, 11) is -9.18. The Morgan fingerprint density at radius 2 is 1.36 bits per heavy atom. The summed E-state index contributed by atoms with van der Waals surface area (Å²) < 4.78 is 47.4. The summed E-state index contributed by atoms with van der Waals surface area (Å²) in [6.07, 6.45) is 0.807. The fraction of sp³-hybridized carbons (Fsp3) is 1.00. The molecule has 0 amide bonds. The minimum atomic E-state index is -2.33. The SMILES string of the molecule is C[SiH]1O[SiH](C)O[SiH](C)O[Si](C)(CCCOCCF)O[SiH](C)O1. The van der Waals surface area contributed by atoms with Crippen molar-refractivity contribution in [3.05, 3.63) is 0 Å². The second-order valence-electron chi connectivity index (χ2n) is 5.45. The van der Waals surface area contributed by atoms with Crippen molar-refractivity contribution in [2.45, 2.75) is 45.2 Å². The van der Waals surface area contributed by atoms with Crippen molar-refractivity contribution >= 4 is 45.7 Å². The number of ether oxygens (including phenoxy) is 1. The third-order valence-electron chi connectivity index (χ3n) is 3.12. The Labute approximate surface area is 140 Å². The Morgan fingerprint density at radius 3 is 1.86 bits per heavy atom. The van der Waals surface area contributed by atoms with E-state index in [2.05, 4.69) is 6.55 Å². The molecule has 0 bridgehead atoms. The van der Waals surface area contributed by atoms with Crippen LogP contribution in [0.3, 0.4) is 0 Å². The molecule has 0 aromatic carbocycles. The number of hydrogen-bond acceptors (Lipinski definition) is 6. The highest BCUT2D eigenvalue weighted by Crippen LogP contribution is 2.21. The average Bonchev–Trinajstić information content (AvgIpc) is 2.35. The molecule has 1 rings (SSSR count). The maximum Gasteiger partial charge on any atom is 0.317 e. The summed E-state index contributed by atoms with van der Waals surface area (Å²) >= 11 is 0. The quantitative estimate of drug-likeness (QED) is 0.485. The monoisotopic (exact) mass is 404 g/mol. The molecule has 0 aromatic rings. The van der Waals surface area contributed by atoms with E-state index in [1.165, 1.54) is 0 Å². The summed E-state index contributed by atoms with van der Waals surface area (Å²) in [5.41, 5.74) is 0. The van der Waals surface area contributed by atoms with Crippen molar-refractivity contribution in [1.29, 1.82) is 0 Å². The fourth-order valence-corrected chi connectivity index (χ4v) is 20.1. The Kier molecular flexibility index (Phi) is 10.0. The highest BCUT2D eigenvalue weighted by molar-refractivity contribution is 6.80. The smallest absolute Gasteiger partial charge is 0.317 e. The first-order valence-corrected chi connectivity index (χ1v) is 18.7. The zero-order valence-corrected chi connectivity index (χ0v) is 19.8. The van der Waals surface area contributed by atoms with Crippen molar-refractivity contribution in [3.63, 3.8) is 0 Å². The lowest BCUT2D eigenvalue weighted by Crippen LogP contribution is -2.52. The molecule has 0 N–H and O–H groups in total. The number of hydrogen-bond donors (Lipinski definition) is 0. The van der Waals surface area contributed by atoms with Crippen LogP contribution in [0.5, 0.6) is 0 Å². The van der Waals surface area contributed by atoms with Gasteiger partial charge in [0.05, 0.1) is 6.61 Å². The van der Waals surface area contributed by atoms with Gasteiger partial charge < -0.3 is 25.3 Å². The highest BCUT2D eigenvalue weighted by Gasteiger charge is 2.38. The summed E-state index contributed by atoms with van der Waals surface area (Å²) in [4.78, 5) is 0. The van der Waals surface area contributed by atoms with E-state index in [0.717, 1.165) is 12.5 Å². The Hall–Kier alpha value is 0.774. The predicted molar refractivity (Wildman–Crippen MR) is 95.3 cm³/mol. The van der Waals surface area contributed by atoms with Gasteiger partial charge in [0.25, 0.3) is 37.1 Å². The van der Waals surface area contributed by atoms with Crippen LogP contribution in [-0.2, 0) is 25.3 Å². The number of rotatable bonds is 6. The first-order chi connectivity index (χ1) is 10.3. The minimum absolute atomic E-state index is 0.159. The van der Waals surface area contributed by atoms with Gasteiger partial charge in [0.1, 0.15) is 6.67 Å². The molecule has 1 aliphatic heterocycles. The van der Waals surface area contributed by atoms with Gasteiger partial charge in [-0.3, -0.25) is 0 Å². The molecule has 12 heteroatoms. The third kappa shape index (κ3) is 8.58. The van der Waals surface area contributed by atoms with Crippen molar-refractivity contribution < 1.29 is 29.7 Å². The molecule has 0 radical (unpaired) electrons. The molecule has 1 fully saturated rings. The van der Waals surface area contributed by atoms with Crippen LogP contribution in [0.4, 0.5) is 4.39 Å². The van der Waals surface area contributed by atoms with Gasteiger partial charge >= 0.3 is 8.56 Å². The largest absolute Gasteiger partial charge is 0.420 e. The normalized spacial score (nSPS) is 37.9. The van der Waals surface area contributed by atoms with Crippen LogP contribution in [0.1, 0.15) is 6.42 Å². The van der Waals surface area contributed by atoms with Crippen molar-refractivity contribution in [2.75, 3.05) is 19.9 Å². The maximum absolute atomic E-state index is 12.0. The van der Waals surface area contributed by atoms with Crippen LogP contribution >= 0.6 is 0 Å². The van der Waals surface area contributed by atoms with Gasteiger partial charge in [-0.2, -0.15) is 0 Å². The van der Waals surface area contributed by atoms with E-state index in [-0.39, 0.29) is 6.61 Å². The highest BCUT2D eigenvalue weighted by atomic mass is 28.5. The molecular weight excluding hydrogens is 376 g/mol. The van der Waals surface area contributed by atoms with Gasteiger partial charge in [-0.25, -0.2) is 4.39 Å². The molecule has 4 atom stereocenters. The average molecular weight is 405 g/mol. The second-order valence-corrected chi connectivity index (χ2v) is 17.9. The van der Waals surface area contributed by atoms with E-state index in [0.29, 0.717) is 6.61 Å². The fourth-order valence-electron chi connectivity index (χ4n) is 2.43. The molecule has 6 nitrogen and oxygen atoms in total. The van der Waals surface area contributed by atoms with Crippen LogP contribution < -0.4 is 0 Å². The van der Waals surface area contributed by atoms with Gasteiger partial charge in [0.15, 0.2) is 0 Å². The van der Waals surface area contributed by atoms with Crippen LogP contribution in [0.25, 0.3) is 0 Å². The zero-order chi connectivity index (χ0) is 16.6. The molecular formula is C10H29FO6Si5. The number of halogens is 1. The van der Waals surface area contributed by atoms with Crippen LogP contribution in [0, 0.1) is 0 Å². The van der Waals surface area contributed by atoms with Gasteiger partial charge in [-0.05, 0) is 45.2 Å². The van der Waals surface area contributed by atoms with E-state index in [1.54, 1.807) is 0 Å². The first-order valence-electron chi connectivity index (χ1n) is 7.80. The van der Waals surface area contributed by atoms with E-state index in [1.807, 2.05) is 26.2 Å². The summed E-state index contributed by atoms with van der Waals surface area (Å²) in [6, 6.07) is 0.813. The number of alkyl halides is 1. The maximum atomic E-state index is 12.0. The van der Waals surface area contributed by atoms with Crippen LogP contribution in [0.15, 0.2) is 0 Å². The Balaban J connectivity index is 2.59. The Morgan fingerprint density at radius 1 is 0.864 bits per heavy atom. The van der Waals surface area contributed by atoms with Crippen molar-refractivity contribution in [1.82, 2.24) is 0 Å². The van der Waals surface area contributed by atoms with Crippen LogP contribution in [0.2, 0.25) is 38.8 Å². The summed E-state index contributed by atoms with van der Waals surface area (Å²) in [6.45, 7) is 10.4. The topological polar surface area (TPSA) is 55.4 Å². The molecule has 132 valence electrons. The van der Waals surface area contributed by atoms with E-state index >= 15 is 0 Å². The molecule has 0 aromatic heterocycles. The summed E-state index contributed by atoms with van der Waals surface area (Å²) in [5.74, 6) is 0. The van der Waals surface area contributed by atoms with Crippen LogP contribution in [-0.4, -0.2) is 65.6 Å². The standard InChI is InChI=1S/C10H29FO6Si5/c1-18-13-19(2)15-21(4)17-22(5,16-20(3)14-18)10-6-8-12-9-7-11/h18-21H,6-10H2,1-5H3. The lowest BCUT2D eigenvalue weighted by molar-refractivity contribution is 0.118. The van der Waals surface area contributed by atoms with E-state index in [4.69, 9.17) is 25.3 Å². The molecule has 4 unspecified atom stereocenters. The van der Waals surface area contributed by atoms with Gasteiger partial charge in [-0.15, -0.1) is 0 Å².